The second-order valence-electron chi connectivity index (χ2n) is 6.98. The summed E-state index contributed by atoms with van der Waals surface area (Å²) in [6.45, 7) is 1.36. The number of carboxylic acids is 1. The number of aliphatic hydroxyl groups is 1. The maximum atomic E-state index is 13.0. The summed E-state index contributed by atoms with van der Waals surface area (Å²) >= 11 is 0. The molecule has 0 aromatic heterocycles. The Morgan fingerprint density at radius 1 is 1.30 bits per heavy atom. The van der Waals surface area contributed by atoms with Gasteiger partial charge in [0, 0.05) is 12.6 Å². The maximum absolute atomic E-state index is 13.0. The minimum absolute atomic E-state index is 0.238. The lowest BCUT2D eigenvalue weighted by Crippen LogP contribution is -2.58. The Balaban J connectivity index is 2.06. The van der Waals surface area contributed by atoms with E-state index in [-0.39, 0.29) is 6.54 Å². The number of imide groups is 1. The second kappa shape index (κ2) is 7.10. The molecule has 1 aromatic rings. The van der Waals surface area contributed by atoms with Crippen molar-refractivity contribution in [1.29, 1.82) is 5.26 Å². The predicted octanol–water partition coefficient (Wildman–Crippen LogP) is 0.420. The van der Waals surface area contributed by atoms with Crippen LogP contribution in [-0.2, 0) is 14.4 Å². The molecule has 2 amide bonds. The highest BCUT2D eigenvalue weighted by Crippen LogP contribution is 2.48. The van der Waals surface area contributed by atoms with E-state index in [1.54, 1.807) is 24.3 Å². The predicted molar refractivity (Wildman–Crippen MR) is 93.1 cm³/mol. The van der Waals surface area contributed by atoms with Gasteiger partial charge in [0.2, 0.25) is 11.8 Å². The number of amides is 2. The Kier molecular flexibility index (Phi) is 5.00. The highest BCUT2D eigenvalue weighted by Gasteiger charge is 2.68. The normalized spacial score (nSPS) is 29.7. The van der Waals surface area contributed by atoms with Gasteiger partial charge in [0.05, 0.1) is 30.1 Å². The van der Waals surface area contributed by atoms with E-state index in [9.17, 15) is 24.6 Å². The van der Waals surface area contributed by atoms with Crippen LogP contribution in [-0.4, -0.2) is 51.6 Å². The van der Waals surface area contributed by atoms with Crippen molar-refractivity contribution in [1.82, 2.24) is 10.2 Å². The number of aliphatic hydroxyl groups excluding tert-OH is 1. The van der Waals surface area contributed by atoms with Gasteiger partial charge >= 0.3 is 5.97 Å². The molecule has 4 atom stereocenters. The molecule has 2 aliphatic heterocycles. The average Bonchev–Trinajstić information content (AvgIpc) is 3.15. The lowest BCUT2D eigenvalue weighted by atomic mass is 9.79. The van der Waals surface area contributed by atoms with E-state index in [0.717, 1.165) is 11.3 Å². The minimum Gasteiger partial charge on any atom is -0.480 e. The van der Waals surface area contributed by atoms with Gasteiger partial charge < -0.3 is 10.2 Å². The van der Waals surface area contributed by atoms with Gasteiger partial charge in [-0.3, -0.25) is 24.6 Å². The fourth-order valence-corrected chi connectivity index (χ4v) is 4.06. The average molecular weight is 371 g/mol. The van der Waals surface area contributed by atoms with Crippen LogP contribution < -0.4 is 5.32 Å². The standard InChI is InChI=1S/C19H21N3O5/c1-2-3-8-22-16(24)13-14(17(22)25)19(10-23,18(26)27)21-15(13)12-6-4-11(9-20)5-7-12/h4-7,13-15,21,23H,2-3,8,10H2,1H3,(H,26,27). The van der Waals surface area contributed by atoms with Crippen molar-refractivity contribution >= 4 is 17.8 Å². The number of carbonyl (C=O) groups is 3. The van der Waals surface area contributed by atoms with Crippen LogP contribution in [0.15, 0.2) is 24.3 Å². The van der Waals surface area contributed by atoms with Crippen molar-refractivity contribution in [3.8, 4) is 6.07 Å². The molecule has 0 bridgehead atoms. The zero-order chi connectivity index (χ0) is 19.8. The highest BCUT2D eigenvalue weighted by atomic mass is 16.4. The number of hydrogen-bond donors (Lipinski definition) is 3. The van der Waals surface area contributed by atoms with Crippen molar-refractivity contribution in [3.05, 3.63) is 35.4 Å². The van der Waals surface area contributed by atoms with Crippen molar-refractivity contribution in [2.45, 2.75) is 31.3 Å². The lowest BCUT2D eigenvalue weighted by molar-refractivity contribution is -0.153. The quantitative estimate of drug-likeness (QED) is 0.618. The summed E-state index contributed by atoms with van der Waals surface area (Å²) in [7, 11) is 0. The first kappa shape index (κ1) is 19.0. The molecular weight excluding hydrogens is 350 g/mol. The van der Waals surface area contributed by atoms with E-state index < -0.39 is 47.8 Å². The van der Waals surface area contributed by atoms with Gasteiger partial charge in [0.25, 0.3) is 0 Å². The van der Waals surface area contributed by atoms with E-state index >= 15 is 0 Å². The number of aliphatic carboxylic acids is 1. The summed E-state index contributed by atoms with van der Waals surface area (Å²) in [5, 5.41) is 31.5. The lowest BCUT2D eigenvalue weighted by Gasteiger charge is -2.29. The van der Waals surface area contributed by atoms with Gasteiger partial charge in [-0.15, -0.1) is 0 Å². The smallest absolute Gasteiger partial charge is 0.327 e. The van der Waals surface area contributed by atoms with Crippen LogP contribution in [0.25, 0.3) is 0 Å². The number of nitriles is 1. The Morgan fingerprint density at radius 2 is 1.96 bits per heavy atom. The fraction of sp³-hybridized carbons (Fsp3) is 0.474. The zero-order valence-electron chi connectivity index (χ0n) is 14.9. The number of benzene rings is 1. The van der Waals surface area contributed by atoms with Gasteiger partial charge in [-0.05, 0) is 24.1 Å². The van der Waals surface area contributed by atoms with Crippen LogP contribution >= 0.6 is 0 Å². The van der Waals surface area contributed by atoms with Crippen LogP contribution in [0.5, 0.6) is 0 Å². The fourth-order valence-electron chi connectivity index (χ4n) is 4.06. The molecule has 27 heavy (non-hydrogen) atoms. The molecule has 2 heterocycles. The molecule has 2 fully saturated rings. The van der Waals surface area contributed by atoms with Crippen LogP contribution in [0.1, 0.15) is 36.9 Å². The number of fused-ring (bicyclic) bond motifs is 1. The van der Waals surface area contributed by atoms with Crippen LogP contribution in [0.4, 0.5) is 0 Å². The summed E-state index contributed by atoms with van der Waals surface area (Å²) in [6.07, 6.45) is 1.42. The molecule has 0 saturated carbocycles. The number of carboxylic acid groups (broad SMARTS) is 1. The van der Waals surface area contributed by atoms with Gasteiger partial charge in [-0.2, -0.15) is 5.26 Å². The summed E-state index contributed by atoms with van der Waals surface area (Å²) in [4.78, 5) is 39.0. The van der Waals surface area contributed by atoms with E-state index in [4.69, 9.17) is 5.26 Å². The van der Waals surface area contributed by atoms with Gasteiger partial charge in [0.15, 0.2) is 5.54 Å². The molecule has 142 valence electrons. The first-order valence-corrected chi connectivity index (χ1v) is 8.88. The molecule has 0 radical (unpaired) electrons. The molecule has 4 unspecified atom stereocenters. The molecule has 2 aliphatic rings. The summed E-state index contributed by atoms with van der Waals surface area (Å²) in [5.41, 5.74) is -0.894. The van der Waals surface area contributed by atoms with Gasteiger partial charge in [0.1, 0.15) is 0 Å². The van der Waals surface area contributed by atoms with Crippen molar-refractivity contribution < 1.29 is 24.6 Å². The second-order valence-corrected chi connectivity index (χ2v) is 6.98. The number of rotatable bonds is 6. The molecule has 3 N–H and O–H groups in total. The molecule has 0 aliphatic carbocycles. The Bertz CT molecular complexity index is 816. The number of nitrogens with one attached hydrogen (secondary N) is 1. The Labute approximate surface area is 156 Å². The van der Waals surface area contributed by atoms with Gasteiger partial charge in [-0.25, -0.2) is 0 Å². The topological polar surface area (TPSA) is 131 Å². The van der Waals surface area contributed by atoms with Crippen LogP contribution in [0.3, 0.4) is 0 Å². The third kappa shape index (κ3) is 2.80. The molecule has 8 heteroatoms. The van der Waals surface area contributed by atoms with Crippen LogP contribution in [0, 0.1) is 23.2 Å². The van der Waals surface area contributed by atoms with Gasteiger partial charge in [-0.1, -0.05) is 25.5 Å². The van der Waals surface area contributed by atoms with E-state index in [0.29, 0.717) is 17.5 Å². The maximum Gasteiger partial charge on any atom is 0.327 e. The van der Waals surface area contributed by atoms with Crippen molar-refractivity contribution in [2.75, 3.05) is 13.2 Å². The largest absolute Gasteiger partial charge is 0.480 e. The molecule has 8 nitrogen and oxygen atoms in total. The highest BCUT2D eigenvalue weighted by molar-refractivity contribution is 6.09. The molecule has 3 rings (SSSR count). The third-order valence-corrected chi connectivity index (χ3v) is 5.51. The Hall–Kier alpha value is -2.76. The zero-order valence-corrected chi connectivity index (χ0v) is 14.9. The van der Waals surface area contributed by atoms with Crippen LogP contribution in [0.2, 0.25) is 0 Å². The third-order valence-electron chi connectivity index (χ3n) is 5.51. The molecule has 2 saturated heterocycles. The van der Waals surface area contributed by atoms with Crippen molar-refractivity contribution in [3.63, 3.8) is 0 Å². The number of carbonyl (C=O) groups excluding carboxylic acids is 2. The Morgan fingerprint density at radius 3 is 2.48 bits per heavy atom. The van der Waals surface area contributed by atoms with E-state index in [1.165, 1.54) is 0 Å². The van der Waals surface area contributed by atoms with E-state index in [1.807, 2.05) is 13.0 Å². The first-order chi connectivity index (χ1) is 12.9. The molecule has 0 spiro atoms. The number of nitrogens with zero attached hydrogens (tertiary/aromatic N) is 2. The summed E-state index contributed by atoms with van der Waals surface area (Å²) in [6, 6.07) is 7.67. The number of unbranched alkanes of at least 4 members (excludes halogenated alkanes) is 1. The van der Waals surface area contributed by atoms with E-state index in [2.05, 4.69) is 5.32 Å². The number of likely N-dealkylation sites (tertiary alicyclic amines) is 1. The first-order valence-electron chi connectivity index (χ1n) is 8.88. The summed E-state index contributed by atoms with van der Waals surface area (Å²) in [5.74, 6) is -4.43. The minimum atomic E-state index is -1.92. The SMILES string of the molecule is CCCCN1C(=O)C2C(c3ccc(C#N)cc3)NC(CO)(C(=O)O)C2C1=O. The van der Waals surface area contributed by atoms with Crippen molar-refractivity contribution in [2.24, 2.45) is 11.8 Å². The molecular formula is C19H21N3O5. The summed E-state index contributed by atoms with van der Waals surface area (Å²) < 4.78 is 0. The molecule has 1 aromatic carbocycles. The monoisotopic (exact) mass is 371 g/mol. The number of hydrogen-bond acceptors (Lipinski definition) is 6.